The average Bonchev–Trinajstić information content (AvgIpc) is 2.78. The lowest BCUT2D eigenvalue weighted by atomic mass is 10.1. The van der Waals surface area contributed by atoms with Gasteiger partial charge >= 0.3 is 0 Å². The van der Waals surface area contributed by atoms with Crippen molar-refractivity contribution in [3.63, 3.8) is 0 Å². The van der Waals surface area contributed by atoms with Crippen LogP contribution in [0.2, 0.25) is 4.34 Å². The summed E-state index contributed by atoms with van der Waals surface area (Å²) in [4.78, 5) is 1.25. The van der Waals surface area contributed by atoms with Gasteiger partial charge in [-0.25, -0.2) is 0 Å². The first-order valence-electron chi connectivity index (χ1n) is 5.26. The third-order valence-corrected chi connectivity index (χ3v) is 6.07. The summed E-state index contributed by atoms with van der Waals surface area (Å²) in [5.41, 5.74) is 2.24. The number of methoxy groups -OCH3 is 1. The highest BCUT2D eigenvalue weighted by atomic mass is 79.9. The van der Waals surface area contributed by atoms with Gasteiger partial charge < -0.3 is 4.74 Å². The zero-order chi connectivity index (χ0) is 13.3. The number of benzene rings is 1. The van der Waals surface area contributed by atoms with Crippen LogP contribution in [-0.4, -0.2) is 7.11 Å². The molecule has 1 aromatic heterocycles. The number of alkyl halides is 1. The van der Waals surface area contributed by atoms with Crippen LogP contribution < -0.4 is 4.74 Å². The van der Waals surface area contributed by atoms with Gasteiger partial charge in [0.25, 0.3) is 0 Å². The molecule has 0 radical (unpaired) electrons. The summed E-state index contributed by atoms with van der Waals surface area (Å²) in [7, 11) is 1.69. The highest BCUT2D eigenvalue weighted by Gasteiger charge is 2.18. The number of aryl methyl sites for hydroxylation is 1. The van der Waals surface area contributed by atoms with Gasteiger partial charge in [-0.05, 0) is 36.8 Å². The van der Waals surface area contributed by atoms with Crippen molar-refractivity contribution in [1.82, 2.24) is 0 Å². The lowest BCUT2D eigenvalue weighted by molar-refractivity contribution is 0.410. The van der Waals surface area contributed by atoms with Gasteiger partial charge in [0.2, 0.25) is 0 Å². The molecule has 1 nitrogen and oxygen atoms in total. The second kappa shape index (κ2) is 5.95. The Balaban J connectivity index is 2.46. The Morgan fingerprint density at radius 3 is 2.61 bits per heavy atom. The monoisotopic (exact) mass is 408 g/mol. The Morgan fingerprint density at radius 2 is 2.06 bits per heavy atom. The number of halogens is 3. The van der Waals surface area contributed by atoms with E-state index in [1.165, 1.54) is 0 Å². The number of rotatable bonds is 3. The SMILES string of the molecule is COc1cc(C)c(Br)cc1C(Br)c1ccc(Cl)s1. The third kappa shape index (κ3) is 2.93. The smallest absolute Gasteiger partial charge is 0.123 e. The maximum absolute atomic E-state index is 5.98. The van der Waals surface area contributed by atoms with Crippen molar-refractivity contribution in [3.8, 4) is 5.75 Å². The van der Waals surface area contributed by atoms with Gasteiger partial charge in [0.1, 0.15) is 5.75 Å². The van der Waals surface area contributed by atoms with E-state index in [0.717, 1.165) is 30.6 Å². The van der Waals surface area contributed by atoms with Crippen molar-refractivity contribution in [1.29, 1.82) is 0 Å². The largest absolute Gasteiger partial charge is 0.496 e. The van der Waals surface area contributed by atoms with E-state index < -0.39 is 0 Å². The van der Waals surface area contributed by atoms with Crippen LogP contribution in [0.25, 0.3) is 0 Å². The van der Waals surface area contributed by atoms with Crippen molar-refractivity contribution in [2.24, 2.45) is 0 Å². The van der Waals surface area contributed by atoms with Gasteiger partial charge in [0, 0.05) is 14.9 Å². The van der Waals surface area contributed by atoms with Crippen LogP contribution in [-0.2, 0) is 0 Å². The van der Waals surface area contributed by atoms with Gasteiger partial charge in [-0.3, -0.25) is 0 Å². The molecule has 0 fully saturated rings. The molecule has 1 aromatic carbocycles. The summed E-state index contributed by atoms with van der Waals surface area (Å²) >= 11 is 14.8. The van der Waals surface area contributed by atoms with E-state index in [0.29, 0.717) is 0 Å². The molecule has 18 heavy (non-hydrogen) atoms. The molecule has 0 amide bonds. The number of hydrogen-bond acceptors (Lipinski definition) is 2. The summed E-state index contributed by atoms with van der Waals surface area (Å²) < 4.78 is 7.32. The van der Waals surface area contributed by atoms with Crippen molar-refractivity contribution >= 4 is 54.8 Å². The second-order valence-electron chi connectivity index (χ2n) is 3.85. The molecule has 2 rings (SSSR count). The van der Waals surface area contributed by atoms with Crippen LogP contribution in [0.5, 0.6) is 5.75 Å². The molecule has 1 heterocycles. The fraction of sp³-hybridized carbons (Fsp3) is 0.231. The van der Waals surface area contributed by atoms with Crippen molar-refractivity contribution in [2.75, 3.05) is 7.11 Å². The summed E-state index contributed by atoms with van der Waals surface area (Å²) in [5, 5.41) is 0. The van der Waals surface area contributed by atoms with Crippen LogP contribution in [0.4, 0.5) is 0 Å². The lowest BCUT2D eigenvalue weighted by Gasteiger charge is -2.15. The number of hydrogen-bond donors (Lipinski definition) is 0. The fourth-order valence-electron chi connectivity index (χ4n) is 1.66. The van der Waals surface area contributed by atoms with Gasteiger partial charge in [0.05, 0.1) is 16.3 Å². The highest BCUT2D eigenvalue weighted by molar-refractivity contribution is 9.10. The Kier molecular flexibility index (Phi) is 4.75. The van der Waals surface area contributed by atoms with Gasteiger partial charge in [-0.15, -0.1) is 11.3 Å². The fourth-order valence-corrected chi connectivity index (χ4v) is 3.87. The average molecular weight is 411 g/mol. The Hall–Kier alpha value is -0.0300. The van der Waals surface area contributed by atoms with E-state index in [1.807, 2.05) is 25.1 Å². The second-order valence-corrected chi connectivity index (χ2v) is 7.36. The Labute approximate surface area is 132 Å². The minimum atomic E-state index is 0.0850. The quantitative estimate of drug-likeness (QED) is 0.567. The van der Waals surface area contributed by atoms with Crippen LogP contribution in [0.15, 0.2) is 28.7 Å². The Bertz CT molecular complexity index is 568. The summed E-state index contributed by atoms with van der Waals surface area (Å²) in [6, 6.07) is 8.05. The van der Waals surface area contributed by atoms with E-state index in [9.17, 15) is 0 Å². The summed E-state index contributed by atoms with van der Waals surface area (Å²) in [6.07, 6.45) is 0. The molecule has 0 saturated carbocycles. The molecule has 96 valence electrons. The first-order chi connectivity index (χ1) is 8.52. The van der Waals surface area contributed by atoms with E-state index in [-0.39, 0.29) is 4.83 Å². The predicted molar refractivity (Wildman–Crippen MR) is 85.5 cm³/mol. The standard InChI is InChI=1S/C13H11Br2ClOS/c1-7-5-10(17-2)8(6-9(7)14)13(15)11-3-4-12(16)18-11/h3-6,13H,1-2H3. The number of ether oxygens (including phenoxy) is 1. The topological polar surface area (TPSA) is 9.23 Å². The van der Waals surface area contributed by atoms with E-state index in [4.69, 9.17) is 16.3 Å². The van der Waals surface area contributed by atoms with Crippen LogP contribution >= 0.6 is 54.8 Å². The maximum Gasteiger partial charge on any atom is 0.123 e. The summed E-state index contributed by atoms with van der Waals surface area (Å²) in [6.45, 7) is 2.04. The maximum atomic E-state index is 5.98. The highest BCUT2D eigenvalue weighted by Crippen LogP contribution is 2.42. The first-order valence-corrected chi connectivity index (χ1v) is 8.16. The third-order valence-electron chi connectivity index (χ3n) is 2.63. The normalized spacial score (nSPS) is 12.5. The zero-order valence-corrected chi connectivity index (χ0v) is 14.6. The van der Waals surface area contributed by atoms with Gasteiger partial charge in [0.15, 0.2) is 0 Å². The van der Waals surface area contributed by atoms with Crippen LogP contribution in [0, 0.1) is 6.92 Å². The molecule has 0 bridgehead atoms. The van der Waals surface area contributed by atoms with Crippen molar-refractivity contribution in [3.05, 3.63) is 49.1 Å². The first kappa shape index (κ1) is 14.4. The molecule has 0 N–H and O–H groups in total. The van der Waals surface area contributed by atoms with E-state index in [1.54, 1.807) is 18.4 Å². The predicted octanol–water partition coefficient (Wildman–Crippen LogP) is 5.97. The summed E-state index contributed by atoms with van der Waals surface area (Å²) in [5.74, 6) is 0.877. The molecule has 2 aromatic rings. The molecule has 1 atom stereocenters. The zero-order valence-electron chi connectivity index (χ0n) is 9.84. The minimum Gasteiger partial charge on any atom is -0.496 e. The molecule has 0 saturated heterocycles. The molecule has 1 unspecified atom stereocenters. The van der Waals surface area contributed by atoms with Crippen LogP contribution in [0.3, 0.4) is 0 Å². The minimum absolute atomic E-state index is 0.0850. The van der Waals surface area contributed by atoms with Crippen molar-refractivity contribution < 1.29 is 4.74 Å². The molecule has 0 aliphatic carbocycles. The molecule has 0 spiro atoms. The Morgan fingerprint density at radius 1 is 1.33 bits per heavy atom. The van der Waals surface area contributed by atoms with E-state index >= 15 is 0 Å². The van der Waals surface area contributed by atoms with Gasteiger partial charge in [-0.2, -0.15) is 0 Å². The lowest BCUT2D eigenvalue weighted by Crippen LogP contribution is -1.96. The van der Waals surface area contributed by atoms with Crippen LogP contribution in [0.1, 0.15) is 20.8 Å². The van der Waals surface area contributed by atoms with E-state index in [2.05, 4.69) is 37.9 Å². The van der Waals surface area contributed by atoms with Crippen molar-refractivity contribution in [2.45, 2.75) is 11.8 Å². The molecule has 0 aliphatic rings. The number of thiophene rings is 1. The van der Waals surface area contributed by atoms with Gasteiger partial charge in [-0.1, -0.05) is 43.5 Å². The molecular weight excluding hydrogens is 399 g/mol. The molecule has 0 aliphatic heterocycles. The molecule has 5 heteroatoms. The molecular formula is C13H11Br2ClOS.